The Morgan fingerprint density at radius 3 is 2.85 bits per heavy atom. The van der Waals surface area contributed by atoms with Gasteiger partial charge < -0.3 is 19.6 Å². The number of ether oxygens (including phenoxy) is 1. The van der Waals surface area contributed by atoms with Gasteiger partial charge in [0, 0.05) is 36.5 Å². The van der Waals surface area contributed by atoms with Gasteiger partial charge in [-0.05, 0) is 24.6 Å². The first-order valence-electron chi connectivity index (χ1n) is 8.73. The number of fused-ring (bicyclic) bond motifs is 1. The Balaban J connectivity index is 1.53. The van der Waals surface area contributed by atoms with Crippen molar-refractivity contribution in [3.05, 3.63) is 53.2 Å². The molecule has 0 fully saturated rings. The van der Waals surface area contributed by atoms with Crippen LogP contribution in [0.2, 0.25) is 0 Å². The summed E-state index contributed by atoms with van der Waals surface area (Å²) in [5.74, 6) is 1.37. The zero-order valence-corrected chi connectivity index (χ0v) is 14.9. The lowest BCUT2D eigenvalue weighted by Gasteiger charge is -2.25. The maximum Gasteiger partial charge on any atom is 0.270 e. The van der Waals surface area contributed by atoms with Crippen LogP contribution < -0.4 is 4.74 Å². The molecule has 0 saturated heterocycles. The number of amides is 1. The van der Waals surface area contributed by atoms with Gasteiger partial charge in [0.25, 0.3) is 5.91 Å². The van der Waals surface area contributed by atoms with E-state index in [2.05, 4.69) is 26.9 Å². The monoisotopic (exact) mass is 351 g/mol. The van der Waals surface area contributed by atoms with E-state index in [-0.39, 0.29) is 5.91 Å². The van der Waals surface area contributed by atoms with Crippen LogP contribution in [0, 0.1) is 0 Å². The molecule has 3 aromatic heterocycles. The van der Waals surface area contributed by atoms with Gasteiger partial charge in [0.2, 0.25) is 5.88 Å². The molecule has 4 rings (SSSR count). The average Bonchev–Trinajstić information content (AvgIpc) is 3.33. The number of rotatable bonds is 4. The third-order valence-corrected chi connectivity index (χ3v) is 4.70. The lowest BCUT2D eigenvalue weighted by molar-refractivity contribution is 0.0726. The first-order valence-corrected chi connectivity index (χ1v) is 8.73. The molecule has 0 aliphatic carbocycles. The highest BCUT2D eigenvalue weighted by Crippen LogP contribution is 2.24. The average molecular weight is 351 g/mol. The Bertz CT molecular complexity index is 926. The minimum absolute atomic E-state index is 0.0256. The second-order valence-corrected chi connectivity index (χ2v) is 6.33. The summed E-state index contributed by atoms with van der Waals surface area (Å²) in [6.45, 7) is 3.26. The fourth-order valence-corrected chi connectivity index (χ4v) is 3.19. The van der Waals surface area contributed by atoms with Gasteiger partial charge in [0.05, 0.1) is 25.0 Å². The number of hydrogen-bond acceptors (Lipinski definition) is 4. The van der Waals surface area contributed by atoms with Gasteiger partial charge in [-0.15, -0.1) is 0 Å². The van der Waals surface area contributed by atoms with Crippen molar-refractivity contribution in [3.63, 3.8) is 0 Å². The van der Waals surface area contributed by atoms with E-state index in [1.807, 2.05) is 29.2 Å². The second-order valence-electron chi connectivity index (χ2n) is 6.33. The van der Waals surface area contributed by atoms with Crippen LogP contribution in [0.15, 0.2) is 30.5 Å². The van der Waals surface area contributed by atoms with Crippen molar-refractivity contribution >= 4 is 5.91 Å². The molecule has 26 heavy (non-hydrogen) atoms. The Morgan fingerprint density at radius 2 is 2.15 bits per heavy atom. The highest BCUT2D eigenvalue weighted by Gasteiger charge is 2.25. The van der Waals surface area contributed by atoms with E-state index in [0.29, 0.717) is 24.7 Å². The first kappa shape index (κ1) is 16.4. The van der Waals surface area contributed by atoms with Crippen molar-refractivity contribution in [2.24, 2.45) is 0 Å². The van der Waals surface area contributed by atoms with E-state index in [0.717, 1.165) is 41.3 Å². The number of methoxy groups -OCH3 is 1. The van der Waals surface area contributed by atoms with Crippen LogP contribution in [0.1, 0.15) is 34.5 Å². The van der Waals surface area contributed by atoms with Crippen molar-refractivity contribution in [2.75, 3.05) is 13.7 Å². The summed E-state index contributed by atoms with van der Waals surface area (Å²) in [4.78, 5) is 30.0. The molecule has 0 bridgehead atoms. The van der Waals surface area contributed by atoms with Gasteiger partial charge in [-0.3, -0.25) is 4.79 Å². The van der Waals surface area contributed by atoms with E-state index >= 15 is 0 Å². The second kappa shape index (κ2) is 6.67. The molecule has 0 radical (unpaired) electrons. The fraction of sp³-hybridized carbons (Fsp3) is 0.316. The molecule has 4 heterocycles. The van der Waals surface area contributed by atoms with Crippen molar-refractivity contribution in [1.29, 1.82) is 0 Å². The molecule has 0 aromatic carbocycles. The topological polar surface area (TPSA) is 86.9 Å². The molecule has 3 aromatic rings. The summed E-state index contributed by atoms with van der Waals surface area (Å²) in [6.07, 6.45) is 3.36. The van der Waals surface area contributed by atoms with Crippen molar-refractivity contribution in [1.82, 2.24) is 24.8 Å². The van der Waals surface area contributed by atoms with Gasteiger partial charge in [0.1, 0.15) is 11.5 Å². The lowest BCUT2D eigenvalue weighted by Crippen LogP contribution is -2.36. The predicted octanol–water partition coefficient (Wildman–Crippen LogP) is 2.57. The molecule has 1 amide bonds. The smallest absolute Gasteiger partial charge is 0.270 e. The summed E-state index contributed by atoms with van der Waals surface area (Å²) in [5, 5.41) is 0. The van der Waals surface area contributed by atoms with E-state index in [4.69, 9.17) is 4.74 Å². The van der Waals surface area contributed by atoms with E-state index < -0.39 is 0 Å². The SMILES string of the molecule is CCc1ccc(C(=O)N2CCc3nc(-c4ccc(OC)nc4)[nH]c3C2)[nH]1. The van der Waals surface area contributed by atoms with Gasteiger partial charge in [0.15, 0.2) is 0 Å². The maximum atomic E-state index is 12.7. The van der Waals surface area contributed by atoms with Crippen molar-refractivity contribution < 1.29 is 9.53 Å². The molecule has 0 unspecified atom stereocenters. The maximum absolute atomic E-state index is 12.7. The summed E-state index contributed by atoms with van der Waals surface area (Å²) in [6, 6.07) is 7.55. The summed E-state index contributed by atoms with van der Waals surface area (Å²) < 4.78 is 5.09. The van der Waals surface area contributed by atoms with Crippen molar-refractivity contribution in [3.8, 4) is 17.3 Å². The van der Waals surface area contributed by atoms with Gasteiger partial charge in [-0.25, -0.2) is 9.97 Å². The van der Waals surface area contributed by atoms with Crippen LogP contribution in [0.5, 0.6) is 5.88 Å². The normalized spacial score (nSPS) is 13.5. The predicted molar refractivity (Wildman–Crippen MR) is 97.0 cm³/mol. The molecule has 0 saturated carbocycles. The number of carbonyl (C=O) groups excluding carboxylic acids is 1. The minimum Gasteiger partial charge on any atom is -0.481 e. The first-order chi connectivity index (χ1) is 12.7. The standard InChI is InChI=1S/C19H21N5O2/c1-3-13-5-6-15(21-13)19(25)24-9-8-14-16(11-24)23-18(22-14)12-4-7-17(26-2)20-10-12/h4-7,10,21H,3,8-9,11H2,1-2H3,(H,22,23). The van der Waals surface area contributed by atoms with Gasteiger partial charge in [-0.1, -0.05) is 6.92 Å². The third kappa shape index (κ3) is 2.96. The molecular weight excluding hydrogens is 330 g/mol. The number of nitrogens with zero attached hydrogens (tertiary/aromatic N) is 3. The third-order valence-electron chi connectivity index (χ3n) is 4.70. The number of nitrogens with one attached hydrogen (secondary N) is 2. The molecule has 7 heteroatoms. The zero-order valence-electron chi connectivity index (χ0n) is 14.9. The van der Waals surface area contributed by atoms with E-state index in [9.17, 15) is 4.79 Å². The number of aromatic nitrogens is 4. The summed E-state index contributed by atoms with van der Waals surface area (Å²) >= 11 is 0. The fourth-order valence-electron chi connectivity index (χ4n) is 3.19. The number of aromatic amines is 2. The molecular formula is C19H21N5O2. The van der Waals surface area contributed by atoms with Crippen LogP contribution in [-0.4, -0.2) is 44.4 Å². The van der Waals surface area contributed by atoms with Gasteiger partial charge in [-0.2, -0.15) is 0 Å². The van der Waals surface area contributed by atoms with Crippen molar-refractivity contribution in [2.45, 2.75) is 26.3 Å². The van der Waals surface area contributed by atoms with Crippen LogP contribution in [0.4, 0.5) is 0 Å². The van der Waals surface area contributed by atoms with Crippen LogP contribution in [0.25, 0.3) is 11.4 Å². The molecule has 2 N–H and O–H groups in total. The summed E-state index contributed by atoms with van der Waals surface area (Å²) in [7, 11) is 1.59. The highest BCUT2D eigenvalue weighted by molar-refractivity contribution is 5.92. The largest absolute Gasteiger partial charge is 0.481 e. The summed E-state index contributed by atoms with van der Waals surface area (Å²) in [5.41, 5.74) is 4.61. The molecule has 1 aliphatic heterocycles. The van der Waals surface area contributed by atoms with E-state index in [1.165, 1.54) is 0 Å². The van der Waals surface area contributed by atoms with Gasteiger partial charge >= 0.3 is 0 Å². The quantitative estimate of drug-likeness (QED) is 0.756. The molecule has 7 nitrogen and oxygen atoms in total. The van der Waals surface area contributed by atoms with Crippen LogP contribution in [0.3, 0.4) is 0 Å². The molecule has 0 spiro atoms. The van der Waals surface area contributed by atoms with Crippen LogP contribution >= 0.6 is 0 Å². The minimum atomic E-state index is 0.0256. The number of pyridine rings is 1. The zero-order chi connectivity index (χ0) is 18.1. The number of carbonyl (C=O) groups is 1. The number of hydrogen-bond donors (Lipinski definition) is 2. The van der Waals surface area contributed by atoms with Crippen LogP contribution in [-0.2, 0) is 19.4 Å². The molecule has 1 aliphatic rings. The number of imidazole rings is 1. The molecule has 0 atom stereocenters. The Labute approximate surface area is 151 Å². The number of H-pyrrole nitrogens is 2. The Morgan fingerprint density at radius 1 is 1.27 bits per heavy atom. The number of aryl methyl sites for hydroxylation is 1. The highest BCUT2D eigenvalue weighted by atomic mass is 16.5. The van der Waals surface area contributed by atoms with E-state index in [1.54, 1.807) is 13.3 Å². The Hall–Kier alpha value is -3.09. The Kier molecular flexibility index (Phi) is 4.20. The lowest BCUT2D eigenvalue weighted by atomic mass is 10.1. The molecule has 134 valence electrons.